The zero-order valence-electron chi connectivity index (χ0n) is 19.2. The molecular formula is C25H19Cl3F3N3OS. The lowest BCUT2D eigenvalue weighted by Crippen LogP contribution is -2.37. The topological polar surface area (TPSA) is 44.7 Å². The number of carbonyl (C=O) groups excluding carboxylic acids is 1. The molecule has 0 radical (unpaired) electrons. The van der Waals surface area contributed by atoms with Gasteiger partial charge in [0.2, 0.25) is 0 Å². The Bertz CT molecular complexity index is 1390. The standard InChI is InChI=1S/C25H19Cl3F3N3OS/c1-12-5-7-20(14(3)8-12)36-22-23(32-19-6-4-13(2)9-17(19)27)33-34(24(22)35)21-16(25(29,30)31)10-15(26)11-18(21)28/h4-11,22H,1-3H3,(H,32,33). The maximum Gasteiger partial charge on any atom is 0.418 e. The van der Waals surface area contributed by atoms with Crippen molar-refractivity contribution in [3.63, 3.8) is 0 Å². The van der Waals surface area contributed by atoms with Crippen LogP contribution in [0.5, 0.6) is 0 Å². The number of alkyl halides is 3. The molecule has 0 aliphatic carbocycles. The van der Waals surface area contributed by atoms with Gasteiger partial charge in [0, 0.05) is 9.92 Å². The number of amidine groups is 1. The number of hydrogen-bond donors (Lipinski definition) is 1. The van der Waals surface area contributed by atoms with Crippen molar-refractivity contribution in [3.05, 3.63) is 85.9 Å². The predicted octanol–water partition coefficient (Wildman–Crippen LogP) is 8.33. The Kier molecular flexibility index (Phi) is 7.53. The molecule has 188 valence electrons. The summed E-state index contributed by atoms with van der Waals surface area (Å²) in [5, 5.41) is -0.406. The molecule has 3 aromatic carbocycles. The Hall–Kier alpha value is -2.39. The molecule has 1 aliphatic rings. The number of nitrogens with zero attached hydrogens (tertiary/aromatic N) is 2. The van der Waals surface area contributed by atoms with Gasteiger partial charge < -0.3 is 0 Å². The minimum absolute atomic E-state index is 0.120. The van der Waals surface area contributed by atoms with Gasteiger partial charge in [0.25, 0.3) is 5.91 Å². The van der Waals surface area contributed by atoms with E-state index in [1.165, 1.54) is 11.8 Å². The fourth-order valence-corrected chi connectivity index (χ4v) is 5.64. The van der Waals surface area contributed by atoms with Crippen LogP contribution in [0.3, 0.4) is 0 Å². The first-order valence-corrected chi connectivity index (χ1v) is 12.6. The lowest BCUT2D eigenvalue weighted by molar-refractivity contribution is -0.137. The Morgan fingerprint density at radius 1 is 0.944 bits per heavy atom. The number of aliphatic imine (C=N–C) groups is 1. The van der Waals surface area contributed by atoms with E-state index in [0.717, 1.165) is 38.7 Å². The highest BCUT2D eigenvalue weighted by Crippen LogP contribution is 2.44. The SMILES string of the molecule is Cc1ccc(SC2C(=O)N(c3c(Cl)cc(Cl)cc3C(F)(F)F)NC2=Nc2ccc(C)cc2Cl)c(C)c1. The van der Waals surface area contributed by atoms with Crippen molar-refractivity contribution in [1.82, 2.24) is 5.43 Å². The van der Waals surface area contributed by atoms with Crippen molar-refractivity contribution in [2.75, 3.05) is 5.01 Å². The van der Waals surface area contributed by atoms with E-state index in [0.29, 0.717) is 10.7 Å². The molecule has 0 spiro atoms. The molecule has 36 heavy (non-hydrogen) atoms. The van der Waals surface area contributed by atoms with Crippen LogP contribution in [-0.2, 0) is 11.0 Å². The third-order valence-corrected chi connectivity index (χ3v) is 7.58. The van der Waals surface area contributed by atoms with E-state index in [4.69, 9.17) is 34.8 Å². The van der Waals surface area contributed by atoms with Crippen LogP contribution in [-0.4, -0.2) is 17.0 Å². The fourth-order valence-electron chi connectivity index (χ4n) is 3.72. The van der Waals surface area contributed by atoms with E-state index >= 15 is 0 Å². The van der Waals surface area contributed by atoms with Gasteiger partial charge >= 0.3 is 6.18 Å². The average molecular weight is 573 g/mol. The normalized spacial score (nSPS) is 17.1. The first-order valence-electron chi connectivity index (χ1n) is 10.6. The number of carbonyl (C=O) groups is 1. The van der Waals surface area contributed by atoms with Gasteiger partial charge in [-0.2, -0.15) is 13.2 Å². The van der Waals surface area contributed by atoms with E-state index in [2.05, 4.69) is 10.4 Å². The molecule has 1 atom stereocenters. The van der Waals surface area contributed by atoms with Crippen LogP contribution in [0, 0.1) is 20.8 Å². The molecule has 1 unspecified atom stereocenters. The molecule has 4 rings (SSSR count). The van der Waals surface area contributed by atoms with Gasteiger partial charge in [0.15, 0.2) is 0 Å². The van der Waals surface area contributed by atoms with Gasteiger partial charge in [-0.05, 0) is 62.2 Å². The summed E-state index contributed by atoms with van der Waals surface area (Å²) in [4.78, 5) is 18.9. The highest BCUT2D eigenvalue weighted by Gasteiger charge is 2.45. The highest BCUT2D eigenvalue weighted by atomic mass is 35.5. The van der Waals surface area contributed by atoms with Gasteiger partial charge in [-0.25, -0.2) is 10.0 Å². The number of thioether (sulfide) groups is 1. The Morgan fingerprint density at radius 2 is 1.61 bits per heavy atom. The average Bonchev–Trinajstić information content (AvgIpc) is 3.06. The lowest BCUT2D eigenvalue weighted by atomic mass is 10.1. The van der Waals surface area contributed by atoms with Crippen LogP contribution in [0.2, 0.25) is 15.1 Å². The van der Waals surface area contributed by atoms with Crippen molar-refractivity contribution >= 4 is 69.7 Å². The summed E-state index contributed by atoms with van der Waals surface area (Å²) in [6.45, 7) is 5.70. The van der Waals surface area contributed by atoms with Gasteiger partial charge in [0.05, 0.1) is 27.0 Å². The molecule has 0 aromatic heterocycles. The van der Waals surface area contributed by atoms with Gasteiger partial charge in [-0.3, -0.25) is 10.2 Å². The zero-order valence-corrected chi connectivity index (χ0v) is 22.3. The van der Waals surface area contributed by atoms with Crippen LogP contribution < -0.4 is 10.4 Å². The van der Waals surface area contributed by atoms with Gasteiger partial charge in [-0.1, -0.05) is 58.6 Å². The second-order valence-corrected chi connectivity index (χ2v) is 10.7. The van der Waals surface area contributed by atoms with Gasteiger partial charge in [0.1, 0.15) is 11.1 Å². The van der Waals surface area contributed by atoms with Crippen LogP contribution in [0.4, 0.5) is 24.5 Å². The fraction of sp³-hybridized carbons (Fsp3) is 0.200. The van der Waals surface area contributed by atoms with Crippen LogP contribution >= 0.6 is 46.6 Å². The summed E-state index contributed by atoms with van der Waals surface area (Å²) in [5.41, 5.74) is 4.28. The number of rotatable bonds is 4. The Balaban J connectivity index is 1.85. The smallest absolute Gasteiger partial charge is 0.277 e. The second-order valence-electron chi connectivity index (χ2n) is 8.29. The zero-order chi connectivity index (χ0) is 26.4. The third kappa shape index (κ3) is 5.47. The van der Waals surface area contributed by atoms with Gasteiger partial charge in [-0.15, -0.1) is 11.8 Å². The van der Waals surface area contributed by atoms with E-state index in [9.17, 15) is 18.0 Å². The first kappa shape index (κ1) is 26.7. The van der Waals surface area contributed by atoms with Crippen LogP contribution in [0.25, 0.3) is 0 Å². The number of hydrogen-bond acceptors (Lipinski definition) is 3. The molecule has 1 amide bonds. The lowest BCUT2D eigenvalue weighted by Gasteiger charge is -2.22. The number of halogens is 6. The van der Waals surface area contributed by atoms with E-state index in [-0.39, 0.29) is 15.9 Å². The molecule has 11 heteroatoms. The van der Waals surface area contributed by atoms with Crippen molar-refractivity contribution in [2.24, 2.45) is 4.99 Å². The molecule has 1 fully saturated rings. The minimum Gasteiger partial charge on any atom is -0.277 e. The summed E-state index contributed by atoms with van der Waals surface area (Å²) in [7, 11) is 0. The molecule has 0 saturated carbocycles. The number of aryl methyl sites for hydroxylation is 3. The molecular weight excluding hydrogens is 554 g/mol. The van der Waals surface area contributed by atoms with Crippen LogP contribution in [0.15, 0.2) is 58.4 Å². The quantitative estimate of drug-likeness (QED) is 0.342. The van der Waals surface area contributed by atoms with E-state index < -0.39 is 28.6 Å². The van der Waals surface area contributed by atoms with E-state index in [1.54, 1.807) is 18.2 Å². The van der Waals surface area contributed by atoms with Crippen LogP contribution in [0.1, 0.15) is 22.3 Å². The number of benzene rings is 3. The molecule has 1 aliphatic heterocycles. The molecule has 0 bridgehead atoms. The predicted molar refractivity (Wildman–Crippen MR) is 141 cm³/mol. The monoisotopic (exact) mass is 571 g/mol. The van der Waals surface area contributed by atoms with Crippen molar-refractivity contribution in [2.45, 2.75) is 37.1 Å². The summed E-state index contributed by atoms with van der Waals surface area (Å²) in [5.74, 6) is -0.549. The Morgan fingerprint density at radius 3 is 2.25 bits per heavy atom. The molecule has 1 N–H and O–H groups in total. The number of anilines is 1. The summed E-state index contributed by atoms with van der Waals surface area (Å²) in [6, 6.07) is 12.8. The maximum atomic E-state index is 13.9. The number of amides is 1. The largest absolute Gasteiger partial charge is 0.418 e. The first-order chi connectivity index (χ1) is 16.8. The van der Waals surface area contributed by atoms with Crippen molar-refractivity contribution < 1.29 is 18.0 Å². The van der Waals surface area contributed by atoms with Crippen molar-refractivity contribution in [1.29, 1.82) is 0 Å². The summed E-state index contributed by atoms with van der Waals surface area (Å²) >= 11 is 19.6. The van der Waals surface area contributed by atoms with E-state index in [1.807, 2.05) is 39.0 Å². The van der Waals surface area contributed by atoms with Crippen molar-refractivity contribution in [3.8, 4) is 0 Å². The highest BCUT2D eigenvalue weighted by molar-refractivity contribution is 8.01. The molecule has 4 nitrogen and oxygen atoms in total. The second kappa shape index (κ2) is 10.2. The summed E-state index contributed by atoms with van der Waals surface area (Å²) in [6.07, 6.45) is -4.82. The number of nitrogens with one attached hydrogen (secondary N) is 1. The Labute approximate surface area is 225 Å². The number of hydrazine groups is 1. The minimum atomic E-state index is -4.82. The molecule has 3 aromatic rings. The summed E-state index contributed by atoms with van der Waals surface area (Å²) < 4.78 is 41.8. The molecule has 1 saturated heterocycles. The maximum absolute atomic E-state index is 13.9. The third-order valence-electron chi connectivity index (χ3n) is 5.40. The molecule has 1 heterocycles.